The number of carboxylic acid groups (broad SMARTS) is 1. The van der Waals surface area contributed by atoms with Gasteiger partial charge in [0.15, 0.2) is 11.5 Å². The molecular formula is C14H16N2O3. The Morgan fingerprint density at radius 2 is 2.05 bits per heavy atom. The predicted octanol–water partition coefficient (Wildman–Crippen LogP) is 1.72. The summed E-state index contributed by atoms with van der Waals surface area (Å²) in [5.74, 6) is -0.721. The maximum Gasteiger partial charge on any atom is 0.354 e. The molecule has 0 atom stereocenters. The summed E-state index contributed by atoms with van der Waals surface area (Å²) in [4.78, 5) is 25.3. The summed E-state index contributed by atoms with van der Waals surface area (Å²) in [7, 11) is 3.59. The molecular weight excluding hydrogens is 244 g/mol. The summed E-state index contributed by atoms with van der Waals surface area (Å²) in [5.41, 5.74) is 3.82. The van der Waals surface area contributed by atoms with Crippen LogP contribution in [0.4, 0.5) is 5.69 Å². The number of carboxylic acids is 1. The molecule has 0 radical (unpaired) electrons. The summed E-state index contributed by atoms with van der Waals surface area (Å²) in [5, 5.41) is 9.35. The van der Waals surface area contributed by atoms with E-state index in [1.54, 1.807) is 11.6 Å². The normalized spacial score (nSPS) is 18.4. The highest BCUT2D eigenvalue weighted by Crippen LogP contribution is 2.40. The van der Waals surface area contributed by atoms with Crippen LogP contribution < -0.4 is 4.90 Å². The molecule has 0 amide bonds. The van der Waals surface area contributed by atoms with E-state index in [2.05, 4.69) is 0 Å². The molecule has 19 heavy (non-hydrogen) atoms. The minimum absolute atomic E-state index is 0.208. The highest BCUT2D eigenvalue weighted by molar-refractivity contribution is 6.01. The van der Waals surface area contributed by atoms with Crippen LogP contribution in [0.2, 0.25) is 0 Å². The van der Waals surface area contributed by atoms with Crippen molar-refractivity contribution in [2.24, 2.45) is 7.05 Å². The fourth-order valence-electron chi connectivity index (χ4n) is 3.21. The Hall–Kier alpha value is -2.04. The minimum atomic E-state index is -0.929. The standard InChI is InChI=1S/C14H16N2O3/c1-15-7-8-6-9-10(4-3-5-11(9)17)16(2)12(8)13(15)14(18)19/h7H,3-6H2,1-2H3,(H,18,19). The first-order chi connectivity index (χ1) is 9.00. The van der Waals surface area contributed by atoms with E-state index in [-0.39, 0.29) is 5.78 Å². The number of carbonyl (C=O) groups excluding carboxylic acids is 1. The van der Waals surface area contributed by atoms with Crippen LogP contribution in [0.1, 0.15) is 35.3 Å². The third-order valence-electron chi connectivity index (χ3n) is 4.04. The molecule has 2 aliphatic rings. The van der Waals surface area contributed by atoms with Gasteiger partial charge in [-0.2, -0.15) is 0 Å². The number of allylic oxidation sites excluding steroid dienone is 2. The number of anilines is 1. The first-order valence-corrected chi connectivity index (χ1v) is 6.41. The third kappa shape index (κ3) is 1.61. The average Bonchev–Trinajstić information content (AvgIpc) is 2.67. The second-order valence-electron chi connectivity index (χ2n) is 5.21. The van der Waals surface area contributed by atoms with Gasteiger partial charge in [0.2, 0.25) is 0 Å². The van der Waals surface area contributed by atoms with Crippen LogP contribution >= 0.6 is 0 Å². The molecule has 1 aromatic rings. The number of aromatic carboxylic acids is 1. The Balaban J connectivity index is 2.17. The van der Waals surface area contributed by atoms with Crippen LogP contribution in [-0.4, -0.2) is 28.5 Å². The number of rotatable bonds is 1. The van der Waals surface area contributed by atoms with Crippen LogP contribution in [0.5, 0.6) is 0 Å². The molecule has 0 aromatic carbocycles. The average molecular weight is 260 g/mol. The monoisotopic (exact) mass is 260 g/mol. The maximum atomic E-state index is 12.0. The summed E-state index contributed by atoms with van der Waals surface area (Å²) >= 11 is 0. The van der Waals surface area contributed by atoms with E-state index in [4.69, 9.17) is 0 Å². The number of fused-ring (bicyclic) bond motifs is 1. The van der Waals surface area contributed by atoms with Crippen LogP contribution in [0.15, 0.2) is 17.5 Å². The molecule has 0 fully saturated rings. The second-order valence-corrected chi connectivity index (χ2v) is 5.21. The zero-order valence-electron chi connectivity index (χ0n) is 11.1. The number of ketones is 1. The van der Waals surface area contributed by atoms with Crippen molar-refractivity contribution >= 4 is 17.4 Å². The van der Waals surface area contributed by atoms with Gasteiger partial charge in [0.05, 0.1) is 5.69 Å². The number of hydrogen-bond donors (Lipinski definition) is 1. The summed E-state index contributed by atoms with van der Waals surface area (Å²) in [6.07, 6.45) is 4.70. The third-order valence-corrected chi connectivity index (χ3v) is 4.04. The minimum Gasteiger partial charge on any atom is -0.477 e. The Morgan fingerprint density at radius 3 is 2.74 bits per heavy atom. The molecule has 5 heteroatoms. The van der Waals surface area contributed by atoms with Gasteiger partial charge in [-0.1, -0.05) is 0 Å². The maximum absolute atomic E-state index is 12.0. The SMILES string of the molecule is CN1C2=C(Cc3cn(C)c(C(=O)O)c31)C(=O)CCC2. The van der Waals surface area contributed by atoms with Crippen molar-refractivity contribution in [3.63, 3.8) is 0 Å². The zero-order valence-corrected chi connectivity index (χ0v) is 11.1. The lowest BCUT2D eigenvalue weighted by Gasteiger charge is -2.33. The number of carbonyl (C=O) groups is 2. The van der Waals surface area contributed by atoms with Crippen molar-refractivity contribution < 1.29 is 14.7 Å². The molecule has 3 rings (SSSR count). The van der Waals surface area contributed by atoms with Gasteiger partial charge in [0, 0.05) is 44.4 Å². The van der Waals surface area contributed by atoms with Crippen LogP contribution in [0, 0.1) is 0 Å². The topological polar surface area (TPSA) is 62.5 Å². The van der Waals surface area contributed by atoms with Gasteiger partial charge in [0.25, 0.3) is 0 Å². The first-order valence-electron chi connectivity index (χ1n) is 6.41. The highest BCUT2D eigenvalue weighted by Gasteiger charge is 2.33. The molecule has 0 unspecified atom stereocenters. The summed E-state index contributed by atoms with van der Waals surface area (Å²) in [6.45, 7) is 0. The number of aromatic nitrogens is 1. The van der Waals surface area contributed by atoms with Crippen molar-refractivity contribution in [1.82, 2.24) is 4.57 Å². The van der Waals surface area contributed by atoms with Crippen LogP contribution in [-0.2, 0) is 18.3 Å². The Morgan fingerprint density at radius 1 is 1.32 bits per heavy atom. The van der Waals surface area contributed by atoms with Gasteiger partial charge in [-0.15, -0.1) is 0 Å². The highest BCUT2D eigenvalue weighted by atomic mass is 16.4. The molecule has 1 N–H and O–H groups in total. The van der Waals surface area contributed by atoms with E-state index in [9.17, 15) is 14.7 Å². The van der Waals surface area contributed by atoms with Gasteiger partial charge in [0.1, 0.15) is 0 Å². The largest absolute Gasteiger partial charge is 0.477 e. The zero-order chi connectivity index (χ0) is 13.7. The Kier molecular flexibility index (Phi) is 2.52. The number of hydrogen-bond acceptors (Lipinski definition) is 3. The Labute approximate surface area is 111 Å². The predicted molar refractivity (Wildman–Crippen MR) is 70.4 cm³/mol. The molecule has 0 saturated heterocycles. The molecule has 1 aromatic heterocycles. The van der Waals surface area contributed by atoms with Crippen molar-refractivity contribution in [1.29, 1.82) is 0 Å². The number of nitrogens with zero attached hydrogens (tertiary/aromatic N) is 2. The first kappa shape index (κ1) is 12.0. The quantitative estimate of drug-likeness (QED) is 0.835. The molecule has 1 aliphatic carbocycles. The smallest absolute Gasteiger partial charge is 0.354 e. The molecule has 5 nitrogen and oxygen atoms in total. The fraction of sp³-hybridized carbons (Fsp3) is 0.429. The van der Waals surface area contributed by atoms with E-state index in [0.29, 0.717) is 18.5 Å². The molecule has 2 heterocycles. The van der Waals surface area contributed by atoms with E-state index in [1.807, 2.05) is 18.1 Å². The number of aryl methyl sites for hydroxylation is 1. The number of Topliss-reactive ketones (excluding diaryl/α,β-unsaturated/α-hetero) is 1. The van der Waals surface area contributed by atoms with Crippen LogP contribution in [0.25, 0.3) is 0 Å². The van der Waals surface area contributed by atoms with Gasteiger partial charge in [-0.25, -0.2) is 4.79 Å². The second kappa shape index (κ2) is 3.98. The van der Waals surface area contributed by atoms with E-state index < -0.39 is 5.97 Å². The van der Waals surface area contributed by atoms with Crippen molar-refractivity contribution in [3.8, 4) is 0 Å². The summed E-state index contributed by atoms with van der Waals surface area (Å²) in [6, 6.07) is 0. The van der Waals surface area contributed by atoms with Gasteiger partial charge in [-0.05, 0) is 18.4 Å². The lowest BCUT2D eigenvalue weighted by atomic mass is 9.87. The molecule has 0 bridgehead atoms. The lowest BCUT2D eigenvalue weighted by Crippen LogP contribution is -2.30. The van der Waals surface area contributed by atoms with Gasteiger partial charge < -0.3 is 14.6 Å². The fourth-order valence-corrected chi connectivity index (χ4v) is 3.21. The molecule has 1 aliphatic heterocycles. The molecule has 0 saturated carbocycles. The van der Waals surface area contributed by atoms with Gasteiger partial charge in [-0.3, -0.25) is 4.79 Å². The molecule has 0 spiro atoms. The van der Waals surface area contributed by atoms with E-state index in [0.717, 1.165) is 35.4 Å². The van der Waals surface area contributed by atoms with Crippen molar-refractivity contribution in [2.45, 2.75) is 25.7 Å². The van der Waals surface area contributed by atoms with Gasteiger partial charge >= 0.3 is 5.97 Å². The Bertz CT molecular complexity index is 625. The van der Waals surface area contributed by atoms with Crippen LogP contribution in [0.3, 0.4) is 0 Å². The van der Waals surface area contributed by atoms with Crippen molar-refractivity contribution in [2.75, 3.05) is 11.9 Å². The van der Waals surface area contributed by atoms with E-state index >= 15 is 0 Å². The van der Waals surface area contributed by atoms with Crippen molar-refractivity contribution in [3.05, 3.63) is 28.7 Å². The summed E-state index contributed by atoms with van der Waals surface area (Å²) < 4.78 is 1.63. The van der Waals surface area contributed by atoms with E-state index in [1.165, 1.54) is 0 Å². The molecule has 100 valence electrons. The lowest BCUT2D eigenvalue weighted by molar-refractivity contribution is -0.116.